The molecule has 0 bridgehead atoms. The van der Waals surface area contributed by atoms with Gasteiger partial charge in [-0.2, -0.15) is 0 Å². The average Bonchev–Trinajstić information content (AvgIpc) is 2.86. The lowest BCUT2D eigenvalue weighted by Gasteiger charge is -2.43. The van der Waals surface area contributed by atoms with Gasteiger partial charge in [0, 0.05) is 6.61 Å². The van der Waals surface area contributed by atoms with Gasteiger partial charge in [0.15, 0.2) is 0 Å². The Morgan fingerprint density at radius 3 is 0.861 bits per heavy atom. The third-order valence-electron chi connectivity index (χ3n) is 12.6. The third-order valence-corrected chi connectivity index (χ3v) is 12.6. The molecule has 0 saturated heterocycles. The zero-order valence-corrected chi connectivity index (χ0v) is 28.2. The normalized spacial score (nSPS) is 24.5. The molecular formula is C35H72O. The molecule has 0 spiro atoms. The summed E-state index contributed by atoms with van der Waals surface area (Å²) in [6, 6.07) is 0. The molecule has 0 aliphatic heterocycles. The first-order valence-corrected chi connectivity index (χ1v) is 16.1. The molecule has 0 N–H and O–H groups in total. The first-order chi connectivity index (χ1) is 16.5. The minimum atomic E-state index is 0.345. The van der Waals surface area contributed by atoms with Gasteiger partial charge in [0.2, 0.25) is 0 Å². The van der Waals surface area contributed by atoms with Crippen molar-refractivity contribution in [1.29, 1.82) is 0 Å². The van der Waals surface area contributed by atoms with Gasteiger partial charge in [-0.15, -0.1) is 0 Å². The fourth-order valence-corrected chi connectivity index (χ4v) is 6.87. The second-order valence-electron chi connectivity index (χ2n) is 14.3. The highest BCUT2D eigenvalue weighted by Crippen LogP contribution is 2.43. The van der Waals surface area contributed by atoms with Crippen LogP contribution in [0.15, 0.2) is 0 Å². The van der Waals surface area contributed by atoms with Crippen molar-refractivity contribution in [1.82, 2.24) is 0 Å². The van der Waals surface area contributed by atoms with Crippen molar-refractivity contribution in [3.63, 3.8) is 0 Å². The van der Waals surface area contributed by atoms with Crippen LogP contribution in [0.5, 0.6) is 0 Å². The minimum absolute atomic E-state index is 0.345. The highest BCUT2D eigenvalue weighted by molar-refractivity contribution is 4.85. The molecule has 1 nitrogen and oxygen atoms in total. The molecule has 0 radical (unpaired) electrons. The molecule has 0 aliphatic rings. The topological polar surface area (TPSA) is 9.23 Å². The summed E-state index contributed by atoms with van der Waals surface area (Å²) < 4.78 is 6.19. The molecule has 0 aromatic rings. The van der Waals surface area contributed by atoms with Crippen LogP contribution < -0.4 is 0 Å². The summed E-state index contributed by atoms with van der Waals surface area (Å²) in [5.74, 6) is 10.2. The van der Waals surface area contributed by atoms with Gasteiger partial charge in [-0.25, -0.2) is 0 Å². The minimum Gasteiger partial charge on any atom is -0.378 e. The Morgan fingerprint density at radius 2 is 0.611 bits per heavy atom. The molecule has 14 atom stereocenters. The van der Waals surface area contributed by atoms with Crippen LogP contribution in [0.4, 0.5) is 0 Å². The lowest BCUT2D eigenvalue weighted by atomic mass is 9.63. The van der Waals surface area contributed by atoms with E-state index < -0.39 is 0 Å². The Labute approximate surface area is 230 Å². The summed E-state index contributed by atoms with van der Waals surface area (Å²) in [7, 11) is 0. The Morgan fingerprint density at radius 1 is 0.361 bits per heavy atom. The van der Waals surface area contributed by atoms with Crippen molar-refractivity contribution in [3.8, 4) is 0 Å². The Hall–Kier alpha value is -0.0400. The van der Waals surface area contributed by atoms with Crippen molar-refractivity contribution in [2.75, 3.05) is 6.61 Å². The van der Waals surface area contributed by atoms with Crippen LogP contribution in [-0.4, -0.2) is 12.7 Å². The molecular weight excluding hydrogens is 436 g/mol. The third kappa shape index (κ3) is 9.93. The van der Waals surface area contributed by atoms with Gasteiger partial charge in [0.05, 0.1) is 6.10 Å². The van der Waals surface area contributed by atoms with E-state index in [2.05, 4.69) is 118 Å². The van der Waals surface area contributed by atoms with Gasteiger partial charge in [0.25, 0.3) is 0 Å². The van der Waals surface area contributed by atoms with Crippen molar-refractivity contribution in [3.05, 3.63) is 0 Å². The van der Waals surface area contributed by atoms with Crippen LogP contribution in [0, 0.1) is 82.9 Å². The summed E-state index contributed by atoms with van der Waals surface area (Å²) in [5, 5.41) is 0. The van der Waals surface area contributed by atoms with Crippen LogP contribution in [0.2, 0.25) is 0 Å². The van der Waals surface area contributed by atoms with E-state index in [4.69, 9.17) is 4.74 Å². The van der Waals surface area contributed by atoms with E-state index in [-0.39, 0.29) is 0 Å². The van der Waals surface area contributed by atoms with Crippen LogP contribution >= 0.6 is 0 Å². The largest absolute Gasteiger partial charge is 0.378 e. The highest BCUT2D eigenvalue weighted by Gasteiger charge is 2.37. The lowest BCUT2D eigenvalue weighted by Crippen LogP contribution is -2.37. The molecule has 36 heavy (non-hydrogen) atoms. The fourth-order valence-electron chi connectivity index (χ4n) is 6.87. The Kier molecular flexibility index (Phi) is 16.8. The lowest BCUT2D eigenvalue weighted by molar-refractivity contribution is -0.00763. The van der Waals surface area contributed by atoms with Gasteiger partial charge in [-0.1, -0.05) is 117 Å². The van der Waals surface area contributed by atoms with Gasteiger partial charge in [0.1, 0.15) is 0 Å². The predicted octanol–water partition coefficient (Wildman–Crippen LogP) is 11.1. The number of unbranched alkanes of at least 4 members (excludes halogenated alkanes) is 1. The average molecular weight is 509 g/mol. The van der Waals surface area contributed by atoms with Crippen LogP contribution in [0.25, 0.3) is 0 Å². The second kappa shape index (κ2) is 16.8. The van der Waals surface area contributed by atoms with Crippen molar-refractivity contribution < 1.29 is 4.74 Å². The summed E-state index contributed by atoms with van der Waals surface area (Å²) in [6.45, 7) is 42.9. The van der Waals surface area contributed by atoms with Gasteiger partial charge in [-0.3, -0.25) is 0 Å². The second-order valence-corrected chi connectivity index (χ2v) is 14.3. The molecule has 0 aromatic heterocycles. The van der Waals surface area contributed by atoms with Crippen molar-refractivity contribution in [2.24, 2.45) is 82.9 Å². The van der Waals surface area contributed by atoms with Crippen molar-refractivity contribution in [2.45, 2.75) is 137 Å². The van der Waals surface area contributed by atoms with E-state index in [1.54, 1.807) is 0 Å². The molecule has 0 saturated carbocycles. The first kappa shape index (κ1) is 36.0. The summed E-state index contributed by atoms with van der Waals surface area (Å²) in [5.41, 5.74) is 0. The molecule has 0 amide bonds. The molecule has 1 heteroatoms. The summed E-state index contributed by atoms with van der Waals surface area (Å²) >= 11 is 0. The van der Waals surface area contributed by atoms with E-state index in [0.29, 0.717) is 29.8 Å². The van der Waals surface area contributed by atoms with Gasteiger partial charge >= 0.3 is 0 Å². The maximum absolute atomic E-state index is 6.19. The van der Waals surface area contributed by atoms with Gasteiger partial charge < -0.3 is 4.74 Å². The SMILES string of the molecule is CCCCOC(C)C(C)C(C)C(C)C(C)C(C)C(C)C(C)C(C)C(C)C(C)C(C)C(C)C(C)C(C)C. The molecule has 0 rings (SSSR count). The Balaban J connectivity index is 5.20. The summed E-state index contributed by atoms with van der Waals surface area (Å²) in [6.07, 6.45) is 2.73. The molecule has 0 fully saturated rings. The highest BCUT2D eigenvalue weighted by atomic mass is 16.5. The number of hydrogen-bond acceptors (Lipinski definition) is 1. The van der Waals surface area contributed by atoms with E-state index in [1.165, 1.54) is 12.8 Å². The molecule has 218 valence electrons. The van der Waals surface area contributed by atoms with E-state index in [9.17, 15) is 0 Å². The standard InChI is InChI=1S/C35H72O/c1-18-19-20-36-35(17)34(16)33(15)32(14)31(13)30(12)29(11)28(10)27(9)26(8)25(7)24(6)23(5)22(4)21(2)3/h21-35H,18-20H2,1-17H3. The van der Waals surface area contributed by atoms with Crippen LogP contribution in [-0.2, 0) is 4.74 Å². The number of ether oxygens (including phenoxy) is 1. The van der Waals surface area contributed by atoms with Crippen LogP contribution in [0.3, 0.4) is 0 Å². The predicted molar refractivity (Wildman–Crippen MR) is 164 cm³/mol. The zero-order valence-electron chi connectivity index (χ0n) is 28.2. The Bertz CT molecular complexity index is 555. The van der Waals surface area contributed by atoms with E-state index in [1.807, 2.05) is 0 Å². The monoisotopic (exact) mass is 509 g/mol. The molecule has 0 heterocycles. The first-order valence-electron chi connectivity index (χ1n) is 16.1. The molecule has 14 unspecified atom stereocenters. The van der Waals surface area contributed by atoms with E-state index in [0.717, 1.165) is 65.8 Å². The maximum atomic E-state index is 6.19. The zero-order chi connectivity index (χ0) is 28.5. The van der Waals surface area contributed by atoms with Crippen molar-refractivity contribution >= 4 is 0 Å². The van der Waals surface area contributed by atoms with Gasteiger partial charge in [-0.05, 0) is 96.2 Å². The smallest absolute Gasteiger partial charge is 0.0575 e. The van der Waals surface area contributed by atoms with E-state index >= 15 is 0 Å². The summed E-state index contributed by atoms with van der Waals surface area (Å²) in [4.78, 5) is 0. The quantitative estimate of drug-likeness (QED) is 0.167. The van der Waals surface area contributed by atoms with Crippen LogP contribution in [0.1, 0.15) is 131 Å². The number of rotatable bonds is 18. The molecule has 0 aliphatic carbocycles. The molecule has 0 aromatic carbocycles. The number of hydrogen-bond donors (Lipinski definition) is 0. The maximum Gasteiger partial charge on any atom is 0.0575 e. The fraction of sp³-hybridized carbons (Fsp3) is 1.00.